The third kappa shape index (κ3) is 4.60. The Morgan fingerprint density at radius 2 is 1.87 bits per heavy atom. The number of amides is 1. The summed E-state index contributed by atoms with van der Waals surface area (Å²) in [6.07, 6.45) is -3.48. The van der Waals surface area contributed by atoms with Crippen molar-refractivity contribution < 1.29 is 31.1 Å². The van der Waals surface area contributed by atoms with Gasteiger partial charge in [0.1, 0.15) is 10.3 Å². The standard InChI is InChI=1S/C27H19BrF3N3O4S/c28-25-20-14-38-13-19(20)18-6-4-15(10-21(18)33-25)12-34(22-3-1-2-16-8-9-39(36,37)24(16)22)26(35)17-5-7-23(32-11-17)27(29,30)31/h1-7,10-11H,8-9,12-14H2. The van der Waals surface area contributed by atoms with Crippen molar-refractivity contribution >= 4 is 48.3 Å². The number of anilines is 1. The van der Waals surface area contributed by atoms with Crippen molar-refractivity contribution in [2.75, 3.05) is 10.7 Å². The Hall–Kier alpha value is -3.35. The highest BCUT2D eigenvalue weighted by Gasteiger charge is 2.35. The van der Waals surface area contributed by atoms with Gasteiger partial charge in [-0.25, -0.2) is 13.4 Å². The first-order valence-corrected chi connectivity index (χ1v) is 14.3. The monoisotopic (exact) mass is 617 g/mol. The van der Waals surface area contributed by atoms with Crippen LogP contribution in [0.15, 0.2) is 64.2 Å². The summed E-state index contributed by atoms with van der Waals surface area (Å²) in [5, 5.41) is 0.905. The number of alkyl halides is 3. The lowest BCUT2D eigenvalue weighted by Gasteiger charge is -2.25. The molecule has 7 nitrogen and oxygen atoms in total. The van der Waals surface area contributed by atoms with Crippen LogP contribution in [0.25, 0.3) is 10.9 Å². The van der Waals surface area contributed by atoms with E-state index in [-0.39, 0.29) is 28.4 Å². The second-order valence-corrected chi connectivity index (χ2v) is 12.2. The molecule has 0 aliphatic carbocycles. The highest BCUT2D eigenvalue weighted by molar-refractivity contribution is 9.10. The van der Waals surface area contributed by atoms with E-state index in [1.807, 2.05) is 18.2 Å². The number of benzene rings is 2. The number of aryl methyl sites for hydroxylation is 1. The van der Waals surface area contributed by atoms with Crippen molar-refractivity contribution in [2.45, 2.75) is 37.3 Å². The Kier molecular flexibility index (Phi) is 6.23. The summed E-state index contributed by atoms with van der Waals surface area (Å²) in [5.74, 6) is -0.757. The van der Waals surface area contributed by atoms with Crippen LogP contribution >= 0.6 is 15.9 Å². The maximum absolute atomic E-state index is 13.8. The van der Waals surface area contributed by atoms with E-state index >= 15 is 0 Å². The molecule has 1 amide bonds. The largest absolute Gasteiger partial charge is 0.433 e. The summed E-state index contributed by atoms with van der Waals surface area (Å²) in [6, 6.07) is 12.2. The predicted molar refractivity (Wildman–Crippen MR) is 140 cm³/mol. The molecule has 2 aromatic heterocycles. The van der Waals surface area contributed by atoms with Gasteiger partial charge in [-0.2, -0.15) is 13.2 Å². The zero-order chi connectivity index (χ0) is 27.5. The Labute approximate surface area is 229 Å². The molecule has 4 heterocycles. The average Bonchev–Trinajstić information content (AvgIpc) is 3.52. The summed E-state index contributed by atoms with van der Waals surface area (Å²) in [6.45, 7) is 0.859. The lowest BCUT2D eigenvalue weighted by atomic mass is 10.0. The number of carbonyl (C=O) groups excluding carboxylic acids is 1. The summed E-state index contributed by atoms with van der Waals surface area (Å²) < 4.78 is 71.4. The number of pyridine rings is 2. The minimum Gasteiger partial charge on any atom is -0.372 e. The van der Waals surface area contributed by atoms with Gasteiger partial charge in [-0.05, 0) is 63.3 Å². The van der Waals surface area contributed by atoms with Crippen LogP contribution in [0.5, 0.6) is 0 Å². The van der Waals surface area contributed by atoms with Gasteiger partial charge in [-0.3, -0.25) is 9.78 Å². The SMILES string of the molecule is O=C(c1ccc(C(F)(F)F)nc1)N(Cc1ccc2c3c(c(Br)nc2c1)COC3)c1cccc2c1S(=O)(=O)CC2. The van der Waals surface area contributed by atoms with Gasteiger partial charge in [-0.1, -0.05) is 24.3 Å². The van der Waals surface area contributed by atoms with E-state index < -0.39 is 27.6 Å². The molecule has 2 aliphatic heterocycles. The van der Waals surface area contributed by atoms with Crippen molar-refractivity contribution in [3.05, 3.63) is 92.8 Å². The molecule has 0 saturated heterocycles. The topological polar surface area (TPSA) is 89.5 Å². The van der Waals surface area contributed by atoms with E-state index in [4.69, 9.17) is 4.74 Å². The molecule has 12 heteroatoms. The molecule has 0 atom stereocenters. The minimum absolute atomic E-state index is 0.0470. The number of fused-ring (bicyclic) bond motifs is 4. The van der Waals surface area contributed by atoms with Crippen LogP contribution in [0.3, 0.4) is 0 Å². The molecule has 39 heavy (non-hydrogen) atoms. The number of sulfone groups is 1. The van der Waals surface area contributed by atoms with Crippen LogP contribution in [0, 0.1) is 0 Å². The van der Waals surface area contributed by atoms with E-state index in [9.17, 15) is 26.4 Å². The van der Waals surface area contributed by atoms with Crippen molar-refractivity contribution in [3.8, 4) is 0 Å². The molecule has 0 N–H and O–H groups in total. The van der Waals surface area contributed by atoms with E-state index in [1.165, 1.54) is 11.0 Å². The molecule has 0 radical (unpaired) electrons. The zero-order valence-electron chi connectivity index (χ0n) is 20.1. The van der Waals surface area contributed by atoms with Crippen LogP contribution < -0.4 is 4.90 Å². The van der Waals surface area contributed by atoms with Gasteiger partial charge in [0.25, 0.3) is 5.91 Å². The maximum atomic E-state index is 13.8. The summed E-state index contributed by atoms with van der Waals surface area (Å²) in [4.78, 5) is 23.2. The van der Waals surface area contributed by atoms with Crippen LogP contribution in [0.4, 0.5) is 18.9 Å². The van der Waals surface area contributed by atoms with E-state index in [1.54, 1.807) is 12.1 Å². The van der Waals surface area contributed by atoms with Crippen LogP contribution in [0.2, 0.25) is 0 Å². The van der Waals surface area contributed by atoms with Crippen LogP contribution in [0.1, 0.15) is 38.3 Å². The molecule has 2 aromatic carbocycles. The molecule has 4 aromatic rings. The maximum Gasteiger partial charge on any atom is 0.433 e. The van der Waals surface area contributed by atoms with Crippen molar-refractivity contribution in [2.24, 2.45) is 0 Å². The second-order valence-electron chi connectivity index (χ2n) is 9.36. The fourth-order valence-electron chi connectivity index (χ4n) is 5.03. The number of aromatic nitrogens is 2. The van der Waals surface area contributed by atoms with Crippen molar-refractivity contribution in [3.63, 3.8) is 0 Å². The minimum atomic E-state index is -4.66. The quantitative estimate of drug-likeness (QED) is 0.276. The number of nitrogens with zero attached hydrogens (tertiary/aromatic N) is 3. The second kappa shape index (κ2) is 9.39. The molecule has 2 aliphatic rings. The highest BCUT2D eigenvalue weighted by atomic mass is 79.9. The molecule has 200 valence electrons. The fraction of sp³-hybridized carbons (Fsp3) is 0.222. The Morgan fingerprint density at radius 3 is 2.62 bits per heavy atom. The molecule has 6 rings (SSSR count). The normalized spacial score (nSPS) is 15.8. The molecular formula is C27H19BrF3N3O4S. The third-order valence-electron chi connectivity index (χ3n) is 6.92. The predicted octanol–water partition coefficient (Wildman–Crippen LogP) is 5.62. The molecule has 0 unspecified atom stereocenters. The molecule has 0 saturated carbocycles. The summed E-state index contributed by atoms with van der Waals surface area (Å²) in [5.41, 5.74) is 2.85. The number of hydrogen-bond acceptors (Lipinski definition) is 6. The van der Waals surface area contributed by atoms with Gasteiger partial charge < -0.3 is 9.64 Å². The van der Waals surface area contributed by atoms with E-state index in [2.05, 4.69) is 25.9 Å². The van der Waals surface area contributed by atoms with Crippen LogP contribution in [-0.2, 0) is 46.9 Å². The lowest BCUT2D eigenvalue weighted by Crippen LogP contribution is -2.32. The fourth-order valence-corrected chi connectivity index (χ4v) is 7.33. The first-order valence-electron chi connectivity index (χ1n) is 11.9. The number of rotatable bonds is 4. The Bertz CT molecular complexity index is 1760. The summed E-state index contributed by atoms with van der Waals surface area (Å²) in [7, 11) is -3.65. The molecule has 0 fully saturated rings. The van der Waals surface area contributed by atoms with Gasteiger partial charge in [0.15, 0.2) is 9.84 Å². The van der Waals surface area contributed by atoms with Crippen LogP contribution in [-0.4, -0.2) is 30.0 Å². The molecular weight excluding hydrogens is 599 g/mol. The van der Waals surface area contributed by atoms with Gasteiger partial charge in [-0.15, -0.1) is 0 Å². The third-order valence-corrected chi connectivity index (χ3v) is 9.41. The number of ether oxygens (including phenoxy) is 1. The van der Waals surface area contributed by atoms with Gasteiger partial charge in [0.2, 0.25) is 0 Å². The van der Waals surface area contributed by atoms with Crippen molar-refractivity contribution in [1.82, 2.24) is 9.97 Å². The zero-order valence-corrected chi connectivity index (χ0v) is 22.5. The lowest BCUT2D eigenvalue weighted by molar-refractivity contribution is -0.141. The number of halogens is 4. The highest BCUT2D eigenvalue weighted by Crippen LogP contribution is 2.37. The summed E-state index contributed by atoms with van der Waals surface area (Å²) >= 11 is 3.49. The first-order chi connectivity index (χ1) is 18.5. The number of carbonyl (C=O) groups is 1. The molecule has 0 spiro atoms. The Balaban J connectivity index is 1.45. The average molecular weight is 618 g/mol. The van der Waals surface area contributed by atoms with Gasteiger partial charge in [0, 0.05) is 17.1 Å². The van der Waals surface area contributed by atoms with Gasteiger partial charge >= 0.3 is 6.18 Å². The van der Waals surface area contributed by atoms with Gasteiger partial charge in [0.05, 0.1) is 47.2 Å². The number of hydrogen-bond donors (Lipinski definition) is 0. The van der Waals surface area contributed by atoms with Crippen molar-refractivity contribution in [1.29, 1.82) is 0 Å². The Morgan fingerprint density at radius 1 is 1.08 bits per heavy atom. The van der Waals surface area contributed by atoms with E-state index in [0.717, 1.165) is 34.8 Å². The first kappa shape index (κ1) is 25.9. The smallest absolute Gasteiger partial charge is 0.372 e. The van der Waals surface area contributed by atoms with E-state index in [0.29, 0.717) is 40.9 Å². The molecule has 0 bridgehead atoms.